The van der Waals surface area contributed by atoms with Crippen LogP contribution in [0.15, 0.2) is 18.2 Å². The van der Waals surface area contributed by atoms with Gasteiger partial charge in [0.15, 0.2) is 0 Å². The monoisotopic (exact) mass is 237 g/mol. The average Bonchev–Trinajstić information content (AvgIpc) is 2.69. The molecule has 1 heterocycles. The van der Waals surface area contributed by atoms with E-state index in [0.29, 0.717) is 12.4 Å². The van der Waals surface area contributed by atoms with Gasteiger partial charge in [0.05, 0.1) is 6.04 Å². The first-order chi connectivity index (χ1) is 8.00. The number of phenols is 1. The second-order valence-electron chi connectivity index (χ2n) is 4.23. The largest absolute Gasteiger partial charge is 0.508 e. The van der Waals surface area contributed by atoms with E-state index in [-0.39, 0.29) is 11.8 Å². The number of hydrogen-bond donors (Lipinski definition) is 2. The molecule has 0 spiro atoms. The van der Waals surface area contributed by atoms with Crippen LogP contribution in [0.4, 0.5) is 0 Å². The number of rotatable bonds is 3. The summed E-state index contributed by atoms with van der Waals surface area (Å²) >= 11 is 0. The Hall–Kier alpha value is -1.75. The summed E-state index contributed by atoms with van der Waals surface area (Å²) in [6.07, 6.45) is 0. The molecule has 2 unspecified atom stereocenters. The van der Waals surface area contributed by atoms with E-state index >= 15 is 0 Å². The van der Waals surface area contributed by atoms with E-state index in [0.717, 1.165) is 5.56 Å². The van der Waals surface area contributed by atoms with Crippen molar-refractivity contribution in [3.8, 4) is 11.5 Å². The van der Waals surface area contributed by atoms with E-state index in [1.807, 2.05) is 0 Å². The summed E-state index contributed by atoms with van der Waals surface area (Å²) < 4.78 is 5.45. The molecule has 1 aliphatic rings. The molecule has 5 heteroatoms. The molecule has 92 valence electrons. The fourth-order valence-corrected chi connectivity index (χ4v) is 1.96. The molecule has 0 aromatic heterocycles. The lowest BCUT2D eigenvalue weighted by Crippen LogP contribution is -2.39. The molecule has 0 aliphatic carbocycles. The number of carbonyl (C=O) groups is 1. The zero-order chi connectivity index (χ0) is 12.6. The van der Waals surface area contributed by atoms with Gasteiger partial charge < -0.3 is 14.9 Å². The lowest BCUT2D eigenvalue weighted by atomic mass is 10.1. The van der Waals surface area contributed by atoms with Crippen LogP contribution < -0.4 is 4.74 Å². The van der Waals surface area contributed by atoms with Crippen LogP contribution in [-0.4, -0.2) is 40.8 Å². The first-order valence-electron chi connectivity index (χ1n) is 5.41. The third-order valence-electron chi connectivity index (χ3n) is 3.21. The lowest BCUT2D eigenvalue weighted by Gasteiger charge is -2.26. The van der Waals surface area contributed by atoms with Gasteiger partial charge in [-0.1, -0.05) is 0 Å². The maximum absolute atomic E-state index is 10.9. The maximum atomic E-state index is 10.9. The Morgan fingerprint density at radius 3 is 2.94 bits per heavy atom. The highest BCUT2D eigenvalue weighted by Gasteiger charge is 2.32. The minimum atomic E-state index is -0.861. The summed E-state index contributed by atoms with van der Waals surface area (Å²) in [5, 5.41) is 18.3. The van der Waals surface area contributed by atoms with Gasteiger partial charge in [-0.25, -0.2) is 0 Å². The minimum absolute atomic E-state index is 0.0864. The fourth-order valence-electron chi connectivity index (χ4n) is 1.96. The molecule has 1 aliphatic heterocycles. The van der Waals surface area contributed by atoms with Crippen LogP contribution in [0.3, 0.4) is 0 Å². The Kier molecular flexibility index (Phi) is 2.93. The number of fused-ring (bicyclic) bond motifs is 1. The van der Waals surface area contributed by atoms with Crippen LogP contribution in [0.25, 0.3) is 0 Å². The van der Waals surface area contributed by atoms with Crippen LogP contribution in [0, 0.1) is 0 Å². The van der Waals surface area contributed by atoms with Crippen LogP contribution in [0.5, 0.6) is 11.5 Å². The smallest absolute Gasteiger partial charge is 0.320 e. The van der Waals surface area contributed by atoms with Crippen molar-refractivity contribution in [3.05, 3.63) is 23.8 Å². The Labute approximate surface area is 99.2 Å². The number of likely N-dealkylation sites (N-methyl/N-ethyl adjacent to an activating group) is 1. The standard InChI is InChI=1S/C12H15NO4/c1-7(12(15)16)13(2)10-6-17-11-5-8(14)3-4-9(10)11/h3-5,7,10,14H,6H2,1-2H3,(H,15,16). The van der Waals surface area contributed by atoms with E-state index in [4.69, 9.17) is 9.84 Å². The number of benzene rings is 1. The van der Waals surface area contributed by atoms with Crippen LogP contribution in [0.2, 0.25) is 0 Å². The van der Waals surface area contributed by atoms with Crippen molar-refractivity contribution in [2.75, 3.05) is 13.7 Å². The van der Waals surface area contributed by atoms with E-state index < -0.39 is 12.0 Å². The van der Waals surface area contributed by atoms with Gasteiger partial charge >= 0.3 is 5.97 Å². The number of carboxylic acid groups (broad SMARTS) is 1. The van der Waals surface area contributed by atoms with Gasteiger partial charge in [0.2, 0.25) is 0 Å². The molecule has 2 N–H and O–H groups in total. The van der Waals surface area contributed by atoms with E-state index in [9.17, 15) is 9.90 Å². The number of aliphatic carboxylic acids is 1. The Bertz CT molecular complexity index is 446. The first-order valence-corrected chi connectivity index (χ1v) is 5.41. The van der Waals surface area contributed by atoms with Gasteiger partial charge in [0.25, 0.3) is 0 Å². The Balaban J connectivity index is 2.25. The van der Waals surface area contributed by atoms with Gasteiger partial charge in [-0.2, -0.15) is 0 Å². The van der Waals surface area contributed by atoms with E-state index in [1.165, 1.54) is 0 Å². The molecule has 0 saturated heterocycles. The molecule has 2 rings (SSSR count). The molecule has 17 heavy (non-hydrogen) atoms. The minimum Gasteiger partial charge on any atom is -0.508 e. The van der Waals surface area contributed by atoms with Crippen molar-refractivity contribution in [3.63, 3.8) is 0 Å². The summed E-state index contributed by atoms with van der Waals surface area (Å²) in [4.78, 5) is 12.7. The molecule has 5 nitrogen and oxygen atoms in total. The van der Waals surface area contributed by atoms with Crippen molar-refractivity contribution >= 4 is 5.97 Å². The van der Waals surface area contributed by atoms with Gasteiger partial charge in [-0.05, 0) is 26.1 Å². The van der Waals surface area contributed by atoms with Crippen LogP contribution in [-0.2, 0) is 4.79 Å². The fraction of sp³-hybridized carbons (Fsp3) is 0.417. The maximum Gasteiger partial charge on any atom is 0.320 e. The summed E-state index contributed by atoms with van der Waals surface area (Å²) in [5.41, 5.74) is 0.915. The van der Waals surface area contributed by atoms with E-state index in [2.05, 4.69) is 0 Å². The number of phenolic OH excluding ortho intramolecular Hbond substituents is 1. The number of hydrogen-bond acceptors (Lipinski definition) is 4. The van der Waals surface area contributed by atoms with Crippen molar-refractivity contribution in [2.45, 2.75) is 19.0 Å². The van der Waals surface area contributed by atoms with Crippen LogP contribution in [0.1, 0.15) is 18.5 Å². The van der Waals surface area contributed by atoms with Crippen molar-refractivity contribution in [2.24, 2.45) is 0 Å². The summed E-state index contributed by atoms with van der Waals surface area (Å²) in [5.74, 6) is -0.0856. The van der Waals surface area contributed by atoms with Gasteiger partial charge in [0, 0.05) is 11.6 Å². The molecule has 1 aromatic carbocycles. The van der Waals surface area contributed by atoms with Gasteiger partial charge in [-0.15, -0.1) is 0 Å². The third-order valence-corrected chi connectivity index (χ3v) is 3.21. The third kappa shape index (κ3) is 2.06. The molecule has 2 atom stereocenters. The van der Waals surface area contributed by atoms with Gasteiger partial charge in [-0.3, -0.25) is 9.69 Å². The summed E-state index contributed by atoms with van der Waals surface area (Å²) in [7, 11) is 1.76. The van der Waals surface area contributed by atoms with Crippen molar-refractivity contribution in [1.29, 1.82) is 0 Å². The molecular formula is C12H15NO4. The number of aromatic hydroxyl groups is 1. The second-order valence-corrected chi connectivity index (χ2v) is 4.23. The summed E-state index contributed by atoms with van der Waals surface area (Å²) in [6.45, 7) is 2.05. The molecule has 0 fully saturated rings. The molecule has 0 amide bonds. The summed E-state index contributed by atoms with van der Waals surface area (Å²) in [6, 6.07) is 4.24. The predicted molar refractivity (Wildman–Crippen MR) is 61.2 cm³/mol. The zero-order valence-corrected chi connectivity index (χ0v) is 9.75. The normalized spacial score (nSPS) is 19.8. The van der Waals surface area contributed by atoms with Crippen molar-refractivity contribution < 1.29 is 19.7 Å². The average molecular weight is 237 g/mol. The first kappa shape index (κ1) is 11.7. The second kappa shape index (κ2) is 4.25. The predicted octanol–water partition coefficient (Wildman–Crippen LogP) is 1.23. The molecule has 0 bridgehead atoms. The van der Waals surface area contributed by atoms with Crippen molar-refractivity contribution in [1.82, 2.24) is 4.90 Å². The highest BCUT2D eigenvalue weighted by Crippen LogP contribution is 2.38. The highest BCUT2D eigenvalue weighted by molar-refractivity contribution is 5.73. The number of nitrogens with zero attached hydrogens (tertiary/aromatic N) is 1. The Morgan fingerprint density at radius 1 is 1.59 bits per heavy atom. The molecule has 0 saturated carbocycles. The zero-order valence-electron chi connectivity index (χ0n) is 9.75. The topological polar surface area (TPSA) is 70.0 Å². The molecule has 0 radical (unpaired) electrons. The lowest BCUT2D eigenvalue weighted by molar-refractivity contribution is -0.143. The number of carboxylic acids is 1. The molecule has 1 aromatic rings. The quantitative estimate of drug-likeness (QED) is 0.827. The van der Waals surface area contributed by atoms with Gasteiger partial charge in [0.1, 0.15) is 24.1 Å². The SMILES string of the molecule is CC(C(=O)O)N(C)C1COc2cc(O)ccc21. The highest BCUT2D eigenvalue weighted by atomic mass is 16.5. The van der Waals surface area contributed by atoms with E-state index in [1.54, 1.807) is 37.1 Å². The molecular weight excluding hydrogens is 222 g/mol. The van der Waals surface area contributed by atoms with Crippen LogP contribution >= 0.6 is 0 Å². The number of ether oxygens (including phenoxy) is 1. The Morgan fingerprint density at radius 2 is 2.29 bits per heavy atom.